The van der Waals surface area contributed by atoms with Crippen LogP contribution in [0.5, 0.6) is 11.5 Å². The molecule has 0 saturated carbocycles. The van der Waals surface area contributed by atoms with Crippen LogP contribution in [0.3, 0.4) is 0 Å². The van der Waals surface area contributed by atoms with Gasteiger partial charge in [0.15, 0.2) is 11.5 Å². The molecule has 1 aliphatic rings. The van der Waals surface area contributed by atoms with Crippen LogP contribution in [0.15, 0.2) is 12.1 Å². The quantitative estimate of drug-likeness (QED) is 0.873. The molecule has 1 aliphatic heterocycles. The fourth-order valence-electron chi connectivity index (χ4n) is 2.27. The van der Waals surface area contributed by atoms with Crippen LogP contribution in [0.2, 0.25) is 5.02 Å². The normalized spacial score (nSPS) is 13.1. The number of hydrogen-bond donors (Lipinski definition) is 1. The van der Waals surface area contributed by atoms with Crippen molar-refractivity contribution >= 4 is 17.5 Å². The van der Waals surface area contributed by atoms with E-state index >= 15 is 0 Å². The van der Waals surface area contributed by atoms with Crippen molar-refractivity contribution in [3.63, 3.8) is 0 Å². The zero-order valence-electron chi connectivity index (χ0n) is 12.4. The number of nitrogens with zero attached hydrogens (tertiary/aromatic N) is 1. The summed E-state index contributed by atoms with van der Waals surface area (Å²) in [7, 11) is 0. The summed E-state index contributed by atoms with van der Waals surface area (Å²) in [6, 6.07) is 3.74. The second kappa shape index (κ2) is 7.52. The van der Waals surface area contributed by atoms with Crippen LogP contribution in [-0.4, -0.2) is 43.7 Å². The molecule has 1 heterocycles. The van der Waals surface area contributed by atoms with Gasteiger partial charge < -0.3 is 19.7 Å². The van der Waals surface area contributed by atoms with Crippen molar-refractivity contribution in [2.45, 2.75) is 20.4 Å². The van der Waals surface area contributed by atoms with E-state index in [9.17, 15) is 4.79 Å². The lowest BCUT2D eigenvalue weighted by atomic mass is 10.2. The van der Waals surface area contributed by atoms with Crippen molar-refractivity contribution < 1.29 is 14.3 Å². The SMILES string of the molecule is CCN(CC)C(=O)CNCc1cc(Cl)c2c(c1)OCCO2. The van der Waals surface area contributed by atoms with Gasteiger partial charge >= 0.3 is 0 Å². The number of fused-ring (bicyclic) bond motifs is 1. The number of amides is 1. The zero-order chi connectivity index (χ0) is 15.2. The standard InChI is InChI=1S/C15H21ClN2O3/c1-3-18(4-2)14(19)10-17-9-11-7-12(16)15-13(8-11)20-5-6-21-15/h7-8,17H,3-6,9-10H2,1-2H3. The Hall–Kier alpha value is -1.46. The monoisotopic (exact) mass is 312 g/mol. The molecule has 1 N–H and O–H groups in total. The number of ether oxygens (including phenoxy) is 2. The first-order chi connectivity index (χ1) is 10.2. The first kappa shape index (κ1) is 15.9. The van der Waals surface area contributed by atoms with Gasteiger partial charge in [-0.2, -0.15) is 0 Å². The van der Waals surface area contributed by atoms with Crippen LogP contribution >= 0.6 is 11.6 Å². The Bertz CT molecular complexity index is 504. The van der Waals surface area contributed by atoms with Crippen molar-refractivity contribution in [1.82, 2.24) is 10.2 Å². The van der Waals surface area contributed by atoms with Crippen molar-refractivity contribution in [2.75, 3.05) is 32.8 Å². The highest BCUT2D eigenvalue weighted by atomic mass is 35.5. The summed E-state index contributed by atoms with van der Waals surface area (Å²) in [5, 5.41) is 3.68. The molecule has 0 saturated heterocycles. The summed E-state index contributed by atoms with van der Waals surface area (Å²) < 4.78 is 11.0. The summed E-state index contributed by atoms with van der Waals surface area (Å²) in [6.45, 7) is 7.32. The second-order valence-corrected chi connectivity index (χ2v) is 5.18. The summed E-state index contributed by atoms with van der Waals surface area (Å²) in [5.41, 5.74) is 0.969. The Morgan fingerprint density at radius 2 is 2.00 bits per heavy atom. The van der Waals surface area contributed by atoms with E-state index in [2.05, 4.69) is 5.32 Å². The predicted molar refractivity (Wildman–Crippen MR) is 82.1 cm³/mol. The van der Waals surface area contributed by atoms with Crippen molar-refractivity contribution in [2.24, 2.45) is 0 Å². The Kier molecular flexibility index (Phi) is 5.70. The maximum Gasteiger partial charge on any atom is 0.236 e. The van der Waals surface area contributed by atoms with Gasteiger partial charge in [0.1, 0.15) is 13.2 Å². The van der Waals surface area contributed by atoms with Gasteiger partial charge in [-0.15, -0.1) is 0 Å². The van der Waals surface area contributed by atoms with E-state index in [0.29, 0.717) is 42.8 Å². The van der Waals surface area contributed by atoms with Crippen LogP contribution in [0.4, 0.5) is 0 Å². The van der Waals surface area contributed by atoms with E-state index in [1.165, 1.54) is 0 Å². The fraction of sp³-hybridized carbons (Fsp3) is 0.533. The first-order valence-corrected chi connectivity index (χ1v) is 7.60. The van der Waals surface area contributed by atoms with Crippen LogP contribution in [0.25, 0.3) is 0 Å². The van der Waals surface area contributed by atoms with Crippen molar-refractivity contribution in [1.29, 1.82) is 0 Å². The summed E-state index contributed by atoms with van der Waals surface area (Å²) >= 11 is 6.18. The van der Waals surface area contributed by atoms with E-state index in [4.69, 9.17) is 21.1 Å². The van der Waals surface area contributed by atoms with Crippen LogP contribution < -0.4 is 14.8 Å². The zero-order valence-corrected chi connectivity index (χ0v) is 13.2. The molecule has 5 nitrogen and oxygen atoms in total. The average Bonchev–Trinajstić information content (AvgIpc) is 2.48. The molecule has 0 spiro atoms. The Balaban J connectivity index is 1.92. The molecule has 0 radical (unpaired) electrons. The van der Waals surface area contributed by atoms with E-state index < -0.39 is 0 Å². The van der Waals surface area contributed by atoms with Crippen molar-refractivity contribution in [3.05, 3.63) is 22.7 Å². The third kappa shape index (κ3) is 4.02. The molecule has 1 aromatic rings. The molecule has 0 fully saturated rings. The molecule has 21 heavy (non-hydrogen) atoms. The van der Waals surface area contributed by atoms with Gasteiger partial charge in [-0.05, 0) is 31.5 Å². The molecule has 116 valence electrons. The molecule has 0 aliphatic carbocycles. The number of nitrogens with one attached hydrogen (secondary N) is 1. The molecule has 0 bridgehead atoms. The van der Waals surface area contributed by atoms with E-state index in [1.807, 2.05) is 26.0 Å². The summed E-state index contributed by atoms with van der Waals surface area (Å²) in [6.07, 6.45) is 0. The number of likely N-dealkylation sites (N-methyl/N-ethyl adjacent to an activating group) is 1. The molecule has 0 atom stereocenters. The van der Waals surface area contributed by atoms with E-state index in [0.717, 1.165) is 18.7 Å². The molecular formula is C15H21ClN2O3. The molecule has 6 heteroatoms. The molecule has 2 rings (SSSR count). The minimum Gasteiger partial charge on any atom is -0.486 e. The average molecular weight is 313 g/mol. The van der Waals surface area contributed by atoms with Crippen LogP contribution in [-0.2, 0) is 11.3 Å². The maximum atomic E-state index is 11.9. The number of rotatable bonds is 6. The summed E-state index contributed by atoms with van der Waals surface area (Å²) in [5.74, 6) is 1.37. The van der Waals surface area contributed by atoms with Gasteiger partial charge in [0, 0.05) is 19.6 Å². The lowest BCUT2D eigenvalue weighted by molar-refractivity contribution is -0.129. The number of hydrogen-bond acceptors (Lipinski definition) is 4. The van der Waals surface area contributed by atoms with Crippen LogP contribution in [0.1, 0.15) is 19.4 Å². The number of benzene rings is 1. The first-order valence-electron chi connectivity index (χ1n) is 7.22. The Labute approximate surface area is 130 Å². The number of carbonyl (C=O) groups is 1. The number of halogens is 1. The molecule has 0 unspecified atom stereocenters. The highest BCUT2D eigenvalue weighted by Crippen LogP contribution is 2.38. The lowest BCUT2D eigenvalue weighted by Crippen LogP contribution is -2.37. The maximum absolute atomic E-state index is 11.9. The Morgan fingerprint density at radius 1 is 1.29 bits per heavy atom. The minimum absolute atomic E-state index is 0.101. The predicted octanol–water partition coefficient (Wildman–Crippen LogP) is 2.07. The van der Waals surface area contributed by atoms with Crippen LogP contribution in [0, 0.1) is 0 Å². The van der Waals surface area contributed by atoms with Crippen molar-refractivity contribution in [3.8, 4) is 11.5 Å². The third-order valence-electron chi connectivity index (χ3n) is 3.38. The van der Waals surface area contributed by atoms with Gasteiger partial charge in [-0.3, -0.25) is 4.79 Å². The topological polar surface area (TPSA) is 50.8 Å². The van der Waals surface area contributed by atoms with Gasteiger partial charge in [0.2, 0.25) is 5.91 Å². The minimum atomic E-state index is 0.101. The fourth-order valence-corrected chi connectivity index (χ4v) is 2.56. The largest absolute Gasteiger partial charge is 0.486 e. The van der Waals surface area contributed by atoms with E-state index in [-0.39, 0.29) is 5.91 Å². The molecule has 1 aromatic carbocycles. The third-order valence-corrected chi connectivity index (χ3v) is 3.66. The van der Waals surface area contributed by atoms with Gasteiger partial charge in [-0.25, -0.2) is 0 Å². The number of carbonyl (C=O) groups excluding carboxylic acids is 1. The molecular weight excluding hydrogens is 292 g/mol. The van der Waals surface area contributed by atoms with E-state index in [1.54, 1.807) is 4.90 Å². The second-order valence-electron chi connectivity index (χ2n) is 4.77. The van der Waals surface area contributed by atoms with Gasteiger partial charge in [0.05, 0.1) is 11.6 Å². The highest BCUT2D eigenvalue weighted by molar-refractivity contribution is 6.32. The summed E-state index contributed by atoms with van der Waals surface area (Å²) in [4.78, 5) is 13.7. The molecule has 1 amide bonds. The molecule has 0 aromatic heterocycles. The van der Waals surface area contributed by atoms with Gasteiger partial charge in [0.25, 0.3) is 0 Å². The smallest absolute Gasteiger partial charge is 0.236 e. The Morgan fingerprint density at radius 3 is 2.71 bits per heavy atom. The highest BCUT2D eigenvalue weighted by Gasteiger charge is 2.16. The lowest BCUT2D eigenvalue weighted by Gasteiger charge is -2.21. The van der Waals surface area contributed by atoms with Gasteiger partial charge in [-0.1, -0.05) is 11.6 Å².